The largest absolute Gasteiger partial charge is 0.0991 e. The van der Waals surface area contributed by atoms with Crippen molar-refractivity contribution in [3.8, 4) is 0 Å². The first kappa shape index (κ1) is 20.2. The van der Waals surface area contributed by atoms with E-state index >= 15 is 0 Å². The Bertz CT molecular complexity index is 733. The molecule has 0 spiro atoms. The Kier molecular flexibility index (Phi) is 7.91. The normalized spacial score (nSPS) is 16.8. The summed E-state index contributed by atoms with van der Waals surface area (Å²) in [4.78, 5) is 0. The molecule has 1 fully saturated rings. The number of hydrogen-bond acceptors (Lipinski definition) is 0. The van der Waals surface area contributed by atoms with Crippen molar-refractivity contribution in [2.45, 2.75) is 59.8 Å². The maximum atomic E-state index is 3.82. The van der Waals surface area contributed by atoms with Gasteiger partial charge in [-0.25, -0.2) is 0 Å². The molecule has 0 atom stereocenters. The summed E-state index contributed by atoms with van der Waals surface area (Å²) in [6, 6.07) is 6.82. The lowest BCUT2D eigenvalue weighted by Crippen LogP contribution is -2.09. The predicted molar refractivity (Wildman–Crippen MR) is 118 cm³/mol. The lowest BCUT2D eigenvalue weighted by molar-refractivity contribution is 0.298. The molecule has 0 nitrogen and oxygen atoms in total. The van der Waals surface area contributed by atoms with E-state index in [2.05, 4.69) is 82.9 Å². The molecule has 0 radical (unpaired) electrons. The van der Waals surface area contributed by atoms with E-state index in [0.717, 1.165) is 5.92 Å². The molecule has 0 heterocycles. The van der Waals surface area contributed by atoms with Crippen molar-refractivity contribution in [3.63, 3.8) is 0 Å². The van der Waals surface area contributed by atoms with Gasteiger partial charge in [0.1, 0.15) is 0 Å². The van der Waals surface area contributed by atoms with Gasteiger partial charge in [-0.1, -0.05) is 80.5 Å². The van der Waals surface area contributed by atoms with Gasteiger partial charge < -0.3 is 0 Å². The van der Waals surface area contributed by atoms with Crippen molar-refractivity contribution < 1.29 is 0 Å². The lowest BCUT2D eigenvalue weighted by atomic mass is 9.82. The Morgan fingerprint density at radius 2 is 1.96 bits per heavy atom. The van der Waals surface area contributed by atoms with Gasteiger partial charge >= 0.3 is 0 Å². The molecule has 0 unspecified atom stereocenters. The summed E-state index contributed by atoms with van der Waals surface area (Å²) in [5, 5.41) is 0. The van der Waals surface area contributed by atoms with Crippen LogP contribution in [-0.4, -0.2) is 0 Å². The summed E-state index contributed by atoms with van der Waals surface area (Å²) < 4.78 is 0. The first-order chi connectivity index (χ1) is 12.6. The van der Waals surface area contributed by atoms with Gasteiger partial charge in [-0.15, -0.1) is 0 Å². The zero-order valence-electron chi connectivity index (χ0n) is 17.0. The molecule has 1 saturated carbocycles. The Morgan fingerprint density at radius 1 is 1.19 bits per heavy atom. The fourth-order valence-corrected chi connectivity index (χ4v) is 3.69. The molecule has 0 aromatic heterocycles. The third-order valence-corrected chi connectivity index (χ3v) is 5.51. The van der Waals surface area contributed by atoms with Crippen LogP contribution in [0, 0.1) is 12.8 Å². The van der Waals surface area contributed by atoms with Crippen molar-refractivity contribution in [3.05, 3.63) is 83.5 Å². The monoisotopic (exact) mass is 346 g/mol. The van der Waals surface area contributed by atoms with Crippen LogP contribution in [0.5, 0.6) is 0 Å². The van der Waals surface area contributed by atoms with Crippen LogP contribution in [-0.2, 0) is 0 Å². The molecule has 2 rings (SSSR count). The third kappa shape index (κ3) is 5.21. The van der Waals surface area contributed by atoms with Gasteiger partial charge in [0, 0.05) is 0 Å². The summed E-state index contributed by atoms with van der Waals surface area (Å²) in [6.45, 7) is 12.4. The average molecular weight is 347 g/mol. The second-order valence-electron chi connectivity index (χ2n) is 7.34. The molecule has 0 heteroatoms. The molecule has 0 saturated heterocycles. The van der Waals surface area contributed by atoms with E-state index in [4.69, 9.17) is 0 Å². The van der Waals surface area contributed by atoms with Crippen LogP contribution >= 0.6 is 0 Å². The highest BCUT2D eigenvalue weighted by molar-refractivity contribution is 5.82. The van der Waals surface area contributed by atoms with E-state index < -0.39 is 0 Å². The van der Waals surface area contributed by atoms with E-state index in [1.54, 1.807) is 0 Å². The molecular formula is C26H34. The zero-order chi connectivity index (χ0) is 18.9. The molecule has 1 aromatic carbocycles. The van der Waals surface area contributed by atoms with E-state index in [9.17, 15) is 0 Å². The van der Waals surface area contributed by atoms with Crippen molar-refractivity contribution in [1.82, 2.24) is 0 Å². The van der Waals surface area contributed by atoms with Crippen LogP contribution in [0.25, 0.3) is 11.1 Å². The predicted octanol–water partition coefficient (Wildman–Crippen LogP) is 8.07. The standard InChI is InChI=1S/C26H34/c1-6-12-20(4)25(8-3)26-18-17-24(19-21(26)5)23(7-2)16-10-9-13-22-14-11-15-22/h6-8,10,12,16-19,22H,1,9,11,13-15H2,2-5H3/b16-10-,20-12-,23-7+,25-8+. The summed E-state index contributed by atoms with van der Waals surface area (Å²) in [6.07, 6.45) is 19.9. The van der Waals surface area contributed by atoms with Gasteiger partial charge in [0.05, 0.1) is 0 Å². The fraction of sp³-hybridized carbons (Fsp3) is 0.385. The highest BCUT2D eigenvalue weighted by Gasteiger charge is 2.15. The van der Waals surface area contributed by atoms with Gasteiger partial charge in [-0.05, 0) is 79.9 Å². The second kappa shape index (κ2) is 10.2. The van der Waals surface area contributed by atoms with Crippen LogP contribution in [0.2, 0.25) is 0 Å². The SMILES string of the molecule is C=C/C=C(C)\C(=C/C)c1ccc(C(/C=C\CCC2CCC2)=C/C)cc1C. The van der Waals surface area contributed by atoms with Crippen LogP contribution in [0.1, 0.15) is 69.6 Å². The molecule has 26 heavy (non-hydrogen) atoms. The smallest absolute Gasteiger partial charge is 0.0155 e. The molecule has 0 amide bonds. The van der Waals surface area contributed by atoms with Crippen LogP contribution < -0.4 is 0 Å². The average Bonchev–Trinajstić information content (AvgIpc) is 2.59. The summed E-state index contributed by atoms with van der Waals surface area (Å²) in [7, 11) is 0. The van der Waals surface area contributed by atoms with E-state index in [0.29, 0.717) is 0 Å². The van der Waals surface area contributed by atoms with E-state index in [-0.39, 0.29) is 0 Å². The topological polar surface area (TPSA) is 0 Å². The molecule has 1 aliphatic rings. The van der Waals surface area contributed by atoms with Crippen LogP contribution in [0.3, 0.4) is 0 Å². The molecule has 1 aromatic rings. The fourth-order valence-electron chi connectivity index (χ4n) is 3.69. The Balaban J connectivity index is 2.14. The molecular weight excluding hydrogens is 312 g/mol. The van der Waals surface area contributed by atoms with Crippen molar-refractivity contribution >= 4 is 11.1 Å². The number of aryl methyl sites for hydroxylation is 1. The molecule has 0 bridgehead atoms. The minimum Gasteiger partial charge on any atom is -0.0991 e. The number of hydrogen-bond donors (Lipinski definition) is 0. The first-order valence-electron chi connectivity index (χ1n) is 10.0. The maximum absolute atomic E-state index is 3.82. The lowest BCUT2D eigenvalue weighted by Gasteiger charge is -2.24. The Morgan fingerprint density at radius 3 is 2.50 bits per heavy atom. The summed E-state index contributed by atoms with van der Waals surface area (Å²) >= 11 is 0. The van der Waals surface area contributed by atoms with Gasteiger partial charge in [0.2, 0.25) is 0 Å². The van der Waals surface area contributed by atoms with Crippen LogP contribution in [0.15, 0.2) is 66.8 Å². The van der Waals surface area contributed by atoms with Crippen molar-refractivity contribution in [1.29, 1.82) is 0 Å². The third-order valence-electron chi connectivity index (χ3n) is 5.51. The summed E-state index contributed by atoms with van der Waals surface area (Å²) in [5.74, 6) is 0.987. The van der Waals surface area contributed by atoms with Gasteiger partial charge in [-0.2, -0.15) is 0 Å². The highest BCUT2D eigenvalue weighted by atomic mass is 14.2. The van der Waals surface area contributed by atoms with Gasteiger partial charge in [-0.3, -0.25) is 0 Å². The molecule has 1 aliphatic carbocycles. The number of benzene rings is 1. The minimum atomic E-state index is 0.987. The minimum absolute atomic E-state index is 0.987. The molecule has 0 N–H and O–H groups in total. The van der Waals surface area contributed by atoms with Crippen molar-refractivity contribution in [2.75, 3.05) is 0 Å². The number of rotatable bonds is 8. The molecule has 0 aliphatic heterocycles. The second-order valence-corrected chi connectivity index (χ2v) is 7.34. The van der Waals surface area contributed by atoms with E-state index in [1.807, 2.05) is 6.08 Å². The van der Waals surface area contributed by atoms with Gasteiger partial charge in [0.15, 0.2) is 0 Å². The van der Waals surface area contributed by atoms with Crippen molar-refractivity contribution in [2.24, 2.45) is 5.92 Å². The highest BCUT2D eigenvalue weighted by Crippen LogP contribution is 2.31. The number of allylic oxidation sites excluding steroid dienone is 9. The molecule has 138 valence electrons. The summed E-state index contributed by atoms with van der Waals surface area (Å²) in [5.41, 5.74) is 7.77. The van der Waals surface area contributed by atoms with E-state index in [1.165, 1.54) is 65.5 Å². The Labute approximate surface area is 160 Å². The Hall–Kier alpha value is -2.08. The quantitative estimate of drug-likeness (QED) is 0.417. The zero-order valence-corrected chi connectivity index (χ0v) is 17.0. The maximum Gasteiger partial charge on any atom is -0.0155 e. The first-order valence-corrected chi connectivity index (χ1v) is 10.0. The van der Waals surface area contributed by atoms with Crippen LogP contribution in [0.4, 0.5) is 0 Å². The van der Waals surface area contributed by atoms with Gasteiger partial charge in [0.25, 0.3) is 0 Å².